The number of hydrogen-bond acceptors (Lipinski definition) is 5. The highest BCUT2D eigenvalue weighted by Gasteiger charge is 2.29. The van der Waals surface area contributed by atoms with Crippen LogP contribution in [-0.2, 0) is 21.0 Å². The standard InChI is InChI=1S/C15H11F3N2O4S2.C9H9N/c16-15(17,18)10-4-1-9(2-5-10)3-6-11-7-8-12(25-11)26(23,24)20-13(19)14(21)22;1-7-6-10-9-5-3-2-4-8(7)9/h1-2,4-5,7-8,13,20H,19H2,(H,21,22);2-6,10H,1H3/t13-;/m0./s1. The molecule has 36 heavy (non-hydrogen) atoms. The number of para-hydroxylation sites is 1. The molecule has 0 saturated carbocycles. The quantitative estimate of drug-likeness (QED) is 0.229. The van der Waals surface area contributed by atoms with Crippen molar-refractivity contribution in [2.75, 3.05) is 0 Å². The van der Waals surface area contributed by atoms with Gasteiger partial charge in [-0.1, -0.05) is 30.0 Å². The number of aromatic amines is 1. The Kier molecular flexibility index (Phi) is 8.21. The smallest absolute Gasteiger partial charge is 0.416 e. The first kappa shape index (κ1) is 27.0. The van der Waals surface area contributed by atoms with Crippen LogP contribution in [0.15, 0.2) is 71.1 Å². The number of benzene rings is 2. The van der Waals surface area contributed by atoms with Crippen LogP contribution in [0.1, 0.15) is 21.6 Å². The number of aliphatic carboxylic acids is 1. The van der Waals surface area contributed by atoms with Crippen LogP contribution in [-0.4, -0.2) is 30.6 Å². The summed E-state index contributed by atoms with van der Waals surface area (Å²) in [6, 6.07) is 15.1. The average Bonchev–Trinajstić information content (AvgIpc) is 3.45. The third-order valence-electron chi connectivity index (χ3n) is 4.73. The number of nitrogens with one attached hydrogen (secondary N) is 2. The van der Waals surface area contributed by atoms with Gasteiger partial charge < -0.3 is 15.8 Å². The van der Waals surface area contributed by atoms with Crippen LogP contribution in [0.4, 0.5) is 13.2 Å². The zero-order chi connectivity index (χ0) is 26.5. The van der Waals surface area contributed by atoms with E-state index in [1.54, 1.807) is 4.72 Å². The Hall–Kier alpha value is -3.63. The number of alkyl halides is 3. The first-order chi connectivity index (χ1) is 16.9. The number of halogens is 3. The summed E-state index contributed by atoms with van der Waals surface area (Å²) < 4.78 is 63.0. The fourth-order valence-electron chi connectivity index (χ4n) is 2.90. The molecule has 0 amide bonds. The maximum absolute atomic E-state index is 12.5. The van der Waals surface area contributed by atoms with Gasteiger partial charge in [-0.25, -0.2) is 13.2 Å². The van der Waals surface area contributed by atoms with Crippen LogP contribution >= 0.6 is 11.3 Å². The van der Waals surface area contributed by atoms with E-state index in [1.165, 1.54) is 40.7 Å². The summed E-state index contributed by atoms with van der Waals surface area (Å²) >= 11 is 0.768. The molecule has 0 unspecified atom stereocenters. The molecule has 0 bridgehead atoms. The third-order valence-corrected chi connectivity index (χ3v) is 7.67. The number of nitrogens with two attached hydrogens (primary N) is 1. The van der Waals surface area contributed by atoms with Crippen molar-refractivity contribution < 1.29 is 31.5 Å². The monoisotopic (exact) mass is 535 g/mol. The second-order valence-corrected chi connectivity index (χ2v) is 10.4. The summed E-state index contributed by atoms with van der Waals surface area (Å²) in [6.45, 7) is 2.11. The largest absolute Gasteiger partial charge is 0.479 e. The Labute approximate surface area is 208 Å². The molecule has 0 fully saturated rings. The summed E-state index contributed by atoms with van der Waals surface area (Å²) in [5.74, 6) is 3.72. The maximum Gasteiger partial charge on any atom is 0.416 e. The number of carbonyl (C=O) groups is 1. The first-order valence-corrected chi connectivity index (χ1v) is 12.5. The number of H-pyrrole nitrogens is 1. The molecular weight excluding hydrogens is 515 g/mol. The van der Waals surface area contributed by atoms with Gasteiger partial charge in [0.05, 0.1) is 10.4 Å². The predicted octanol–water partition coefficient (Wildman–Crippen LogP) is 4.29. The fraction of sp³-hybridized carbons (Fsp3) is 0.125. The lowest BCUT2D eigenvalue weighted by Gasteiger charge is -2.07. The number of rotatable bonds is 4. The minimum Gasteiger partial charge on any atom is -0.479 e. The molecule has 0 radical (unpaired) electrons. The third kappa shape index (κ3) is 6.96. The van der Waals surface area contributed by atoms with Crippen LogP contribution in [0.25, 0.3) is 10.9 Å². The molecule has 2 heterocycles. The van der Waals surface area contributed by atoms with E-state index in [2.05, 4.69) is 41.9 Å². The Morgan fingerprint density at radius 2 is 1.75 bits per heavy atom. The fourth-order valence-corrected chi connectivity index (χ4v) is 5.14. The number of sulfonamides is 1. The predicted molar refractivity (Wildman–Crippen MR) is 131 cm³/mol. The molecule has 2 aromatic heterocycles. The van der Waals surface area contributed by atoms with Crippen LogP contribution in [0.5, 0.6) is 0 Å². The molecule has 0 aliphatic heterocycles. The molecule has 5 N–H and O–H groups in total. The van der Waals surface area contributed by atoms with E-state index in [0.717, 1.165) is 23.5 Å². The van der Waals surface area contributed by atoms with Crippen molar-refractivity contribution in [2.24, 2.45) is 5.73 Å². The lowest BCUT2D eigenvalue weighted by Crippen LogP contribution is -2.46. The molecule has 4 rings (SSSR count). The summed E-state index contributed by atoms with van der Waals surface area (Å²) in [7, 11) is -4.12. The topological polar surface area (TPSA) is 125 Å². The second kappa shape index (κ2) is 11.0. The van der Waals surface area contributed by atoms with Gasteiger partial charge in [0.15, 0.2) is 6.17 Å². The van der Waals surface area contributed by atoms with E-state index in [9.17, 15) is 26.4 Å². The normalized spacial score (nSPS) is 12.2. The van der Waals surface area contributed by atoms with Crippen molar-refractivity contribution in [1.29, 1.82) is 0 Å². The molecule has 0 spiro atoms. The molecule has 1 atom stereocenters. The highest BCUT2D eigenvalue weighted by Crippen LogP contribution is 2.29. The first-order valence-electron chi connectivity index (χ1n) is 10.2. The average molecular weight is 536 g/mol. The van der Waals surface area contributed by atoms with E-state index < -0.39 is 33.9 Å². The van der Waals surface area contributed by atoms with Gasteiger partial charge in [-0.05, 0) is 55.0 Å². The zero-order valence-corrected chi connectivity index (χ0v) is 20.3. The highest BCUT2D eigenvalue weighted by atomic mass is 32.2. The van der Waals surface area contributed by atoms with Gasteiger partial charge in [0, 0.05) is 22.7 Å². The molecule has 0 aliphatic rings. The Bertz CT molecular complexity index is 1530. The second-order valence-electron chi connectivity index (χ2n) is 7.40. The number of aromatic nitrogens is 1. The van der Waals surface area contributed by atoms with Crippen LogP contribution in [0.2, 0.25) is 0 Å². The molecule has 7 nitrogen and oxygen atoms in total. The van der Waals surface area contributed by atoms with Gasteiger partial charge in [0.2, 0.25) is 0 Å². The van der Waals surface area contributed by atoms with E-state index in [-0.39, 0.29) is 4.21 Å². The minimum atomic E-state index is -4.44. The van der Waals surface area contributed by atoms with Crippen LogP contribution in [0.3, 0.4) is 0 Å². The number of fused-ring (bicyclic) bond motifs is 1. The maximum atomic E-state index is 12.5. The molecule has 0 saturated heterocycles. The Morgan fingerprint density at radius 3 is 2.36 bits per heavy atom. The lowest BCUT2D eigenvalue weighted by atomic mass is 10.1. The number of hydrogen-bond donors (Lipinski definition) is 4. The minimum absolute atomic E-state index is 0.189. The van der Waals surface area contributed by atoms with Crippen LogP contribution < -0.4 is 10.5 Å². The Balaban J connectivity index is 0.000000297. The SMILES string of the molecule is Cc1c[nH]c2ccccc12.N[C@@H](NS(=O)(=O)c1ccc(C#Cc2ccc(C(F)(F)F)cc2)s1)C(=O)O. The number of carboxylic acids is 1. The van der Waals surface area contributed by atoms with Crippen molar-refractivity contribution in [1.82, 2.24) is 9.71 Å². The van der Waals surface area contributed by atoms with Gasteiger partial charge in [-0.15, -0.1) is 11.3 Å². The summed E-state index contributed by atoms with van der Waals surface area (Å²) in [4.78, 5) is 14.1. The van der Waals surface area contributed by atoms with Crippen molar-refractivity contribution in [2.45, 2.75) is 23.5 Å². The van der Waals surface area contributed by atoms with E-state index in [0.29, 0.717) is 10.4 Å². The molecular formula is C24H20F3N3O4S2. The summed E-state index contributed by atoms with van der Waals surface area (Å²) in [5.41, 5.74) is 7.19. The molecule has 0 aliphatic carbocycles. The van der Waals surface area contributed by atoms with Gasteiger partial charge >= 0.3 is 12.1 Å². The molecule has 12 heteroatoms. The number of thiophene rings is 1. The Morgan fingerprint density at radius 1 is 1.08 bits per heavy atom. The van der Waals surface area contributed by atoms with Crippen molar-refractivity contribution in [3.8, 4) is 11.8 Å². The zero-order valence-electron chi connectivity index (χ0n) is 18.6. The van der Waals surface area contributed by atoms with E-state index >= 15 is 0 Å². The van der Waals surface area contributed by atoms with Crippen LogP contribution in [0, 0.1) is 18.8 Å². The van der Waals surface area contributed by atoms with Gasteiger partial charge in [-0.3, -0.25) is 0 Å². The summed E-state index contributed by atoms with van der Waals surface area (Å²) in [5, 5.41) is 9.96. The molecule has 188 valence electrons. The van der Waals surface area contributed by atoms with Gasteiger partial charge in [-0.2, -0.15) is 17.9 Å². The number of aryl methyl sites for hydroxylation is 1. The van der Waals surface area contributed by atoms with Crippen molar-refractivity contribution >= 4 is 38.2 Å². The van der Waals surface area contributed by atoms with E-state index in [4.69, 9.17) is 10.8 Å². The highest BCUT2D eigenvalue weighted by molar-refractivity contribution is 7.91. The number of carboxylic acid groups (broad SMARTS) is 1. The van der Waals surface area contributed by atoms with Gasteiger partial charge in [0.1, 0.15) is 4.21 Å². The lowest BCUT2D eigenvalue weighted by molar-refractivity contribution is -0.139. The molecule has 2 aromatic carbocycles. The van der Waals surface area contributed by atoms with E-state index in [1.807, 2.05) is 12.3 Å². The van der Waals surface area contributed by atoms with Crippen molar-refractivity contribution in [3.63, 3.8) is 0 Å². The summed E-state index contributed by atoms with van der Waals surface area (Å²) in [6.07, 6.45) is -4.19. The molecule has 4 aromatic rings. The van der Waals surface area contributed by atoms with Gasteiger partial charge in [0.25, 0.3) is 10.0 Å². The van der Waals surface area contributed by atoms with Crippen molar-refractivity contribution in [3.05, 3.63) is 88.4 Å².